The average Bonchev–Trinajstić information content (AvgIpc) is 2.82. The summed E-state index contributed by atoms with van der Waals surface area (Å²) in [5.41, 5.74) is 0.0477. The van der Waals surface area contributed by atoms with Gasteiger partial charge in [0.25, 0.3) is 0 Å². The van der Waals surface area contributed by atoms with E-state index >= 15 is 0 Å². The fourth-order valence-electron chi connectivity index (χ4n) is 2.30. The van der Waals surface area contributed by atoms with Crippen molar-refractivity contribution in [3.05, 3.63) is 22.4 Å². The smallest absolute Gasteiger partial charge is 0.303 e. The molecule has 0 aliphatic heterocycles. The Balaban J connectivity index is 1.93. The van der Waals surface area contributed by atoms with Gasteiger partial charge in [0.2, 0.25) is 0 Å². The van der Waals surface area contributed by atoms with Gasteiger partial charge in [-0.05, 0) is 43.7 Å². The number of nitrogens with zero attached hydrogens (tertiary/aromatic N) is 1. The van der Waals surface area contributed by atoms with Crippen molar-refractivity contribution >= 4 is 17.3 Å². The summed E-state index contributed by atoms with van der Waals surface area (Å²) in [7, 11) is 2.09. The molecule has 1 fully saturated rings. The summed E-state index contributed by atoms with van der Waals surface area (Å²) >= 11 is 1.76. The maximum Gasteiger partial charge on any atom is 0.303 e. The van der Waals surface area contributed by atoms with E-state index in [4.69, 9.17) is 5.11 Å². The highest BCUT2D eigenvalue weighted by atomic mass is 32.1. The van der Waals surface area contributed by atoms with Gasteiger partial charge in [-0.25, -0.2) is 0 Å². The Kier molecular flexibility index (Phi) is 3.54. The van der Waals surface area contributed by atoms with Crippen molar-refractivity contribution < 1.29 is 9.90 Å². The second-order valence-corrected chi connectivity index (χ2v) is 6.16. The van der Waals surface area contributed by atoms with Crippen LogP contribution in [0.2, 0.25) is 0 Å². The molecule has 1 N–H and O–H groups in total. The Morgan fingerprint density at radius 2 is 2.35 bits per heavy atom. The molecule has 1 heterocycles. The van der Waals surface area contributed by atoms with Crippen LogP contribution in [0, 0.1) is 5.41 Å². The van der Waals surface area contributed by atoms with Gasteiger partial charge in [-0.2, -0.15) is 0 Å². The van der Waals surface area contributed by atoms with E-state index < -0.39 is 5.97 Å². The predicted molar refractivity (Wildman–Crippen MR) is 69.3 cm³/mol. The highest BCUT2D eigenvalue weighted by Crippen LogP contribution is 2.50. The van der Waals surface area contributed by atoms with E-state index in [-0.39, 0.29) is 5.41 Å². The van der Waals surface area contributed by atoms with E-state index in [1.54, 1.807) is 11.3 Å². The molecule has 1 aliphatic carbocycles. The minimum absolute atomic E-state index is 0.0477. The molecule has 0 amide bonds. The molecule has 94 valence electrons. The molecular formula is C13H19NO2S. The summed E-state index contributed by atoms with van der Waals surface area (Å²) in [5, 5.41) is 11.0. The van der Waals surface area contributed by atoms with Gasteiger partial charge in [-0.15, -0.1) is 11.3 Å². The van der Waals surface area contributed by atoms with Crippen LogP contribution >= 0.6 is 11.3 Å². The average molecular weight is 253 g/mol. The number of thiophene rings is 1. The first-order valence-corrected chi connectivity index (χ1v) is 6.86. The molecular weight excluding hydrogens is 234 g/mol. The lowest BCUT2D eigenvalue weighted by atomic mass is 10.0. The molecule has 4 heteroatoms. The molecule has 2 rings (SSSR count). The number of carboxylic acids is 1. The lowest BCUT2D eigenvalue weighted by Gasteiger charge is -2.27. The predicted octanol–water partition coefficient (Wildman–Crippen LogP) is 3.00. The van der Waals surface area contributed by atoms with Gasteiger partial charge in [-0.1, -0.05) is 6.07 Å². The third kappa shape index (κ3) is 3.07. The second kappa shape index (κ2) is 4.78. The minimum atomic E-state index is -0.667. The van der Waals surface area contributed by atoms with Crippen LogP contribution in [-0.2, 0) is 4.79 Å². The molecule has 1 aliphatic rings. The van der Waals surface area contributed by atoms with E-state index in [2.05, 4.69) is 36.4 Å². The summed E-state index contributed by atoms with van der Waals surface area (Å²) in [4.78, 5) is 14.4. The molecule has 1 aromatic rings. The third-order valence-electron chi connectivity index (χ3n) is 3.68. The third-order valence-corrected chi connectivity index (χ3v) is 4.73. The van der Waals surface area contributed by atoms with Crippen LogP contribution in [0.5, 0.6) is 0 Å². The molecule has 0 saturated heterocycles. The molecule has 1 atom stereocenters. The van der Waals surface area contributed by atoms with Crippen LogP contribution in [0.3, 0.4) is 0 Å². The maximum atomic E-state index is 10.8. The largest absolute Gasteiger partial charge is 0.481 e. The van der Waals surface area contributed by atoms with Crippen molar-refractivity contribution in [3.8, 4) is 0 Å². The van der Waals surface area contributed by atoms with Gasteiger partial charge < -0.3 is 5.11 Å². The standard InChI is InChI=1S/C13H19NO2S/c1-10(11-4-3-7-17-11)14(2)9-13(5-6-13)8-12(15)16/h3-4,7,10H,5-6,8-9H2,1-2H3,(H,15,16). The topological polar surface area (TPSA) is 40.5 Å². The van der Waals surface area contributed by atoms with E-state index in [1.165, 1.54) is 4.88 Å². The van der Waals surface area contributed by atoms with Crippen molar-refractivity contribution in [2.75, 3.05) is 13.6 Å². The van der Waals surface area contributed by atoms with Gasteiger partial charge in [0.1, 0.15) is 0 Å². The van der Waals surface area contributed by atoms with Crippen LogP contribution in [0.15, 0.2) is 17.5 Å². The highest BCUT2D eigenvalue weighted by Gasteiger charge is 2.45. The molecule has 17 heavy (non-hydrogen) atoms. The molecule has 1 saturated carbocycles. The van der Waals surface area contributed by atoms with Gasteiger partial charge in [0.15, 0.2) is 0 Å². The SMILES string of the molecule is CC(c1cccs1)N(C)CC1(CC(=O)O)CC1. The van der Waals surface area contributed by atoms with Crippen molar-refractivity contribution in [2.45, 2.75) is 32.2 Å². The quantitative estimate of drug-likeness (QED) is 0.847. The molecule has 0 spiro atoms. The molecule has 1 aromatic heterocycles. The Bertz CT molecular complexity index is 384. The van der Waals surface area contributed by atoms with Crippen molar-refractivity contribution in [1.29, 1.82) is 0 Å². The summed E-state index contributed by atoms with van der Waals surface area (Å²) in [6.45, 7) is 3.07. The highest BCUT2D eigenvalue weighted by molar-refractivity contribution is 7.10. The monoisotopic (exact) mass is 253 g/mol. The van der Waals surface area contributed by atoms with Crippen LogP contribution in [0.1, 0.15) is 37.1 Å². The summed E-state index contributed by atoms with van der Waals surface area (Å²) in [6.07, 6.45) is 2.43. The normalized spacial score (nSPS) is 19.2. The molecule has 1 unspecified atom stereocenters. The fraction of sp³-hybridized carbons (Fsp3) is 0.615. The van der Waals surface area contributed by atoms with Crippen LogP contribution in [0.25, 0.3) is 0 Å². The number of rotatable bonds is 6. The Morgan fingerprint density at radius 1 is 1.65 bits per heavy atom. The van der Waals surface area contributed by atoms with Gasteiger partial charge >= 0.3 is 5.97 Å². The van der Waals surface area contributed by atoms with Crippen molar-refractivity contribution in [2.24, 2.45) is 5.41 Å². The first-order valence-electron chi connectivity index (χ1n) is 5.98. The zero-order valence-corrected chi connectivity index (χ0v) is 11.2. The Hall–Kier alpha value is -0.870. The van der Waals surface area contributed by atoms with Crippen LogP contribution in [0.4, 0.5) is 0 Å². The van der Waals surface area contributed by atoms with E-state index in [1.807, 2.05) is 0 Å². The van der Waals surface area contributed by atoms with E-state index in [0.29, 0.717) is 12.5 Å². The van der Waals surface area contributed by atoms with Gasteiger partial charge in [-0.3, -0.25) is 9.69 Å². The van der Waals surface area contributed by atoms with Crippen molar-refractivity contribution in [3.63, 3.8) is 0 Å². The zero-order valence-electron chi connectivity index (χ0n) is 10.3. The van der Waals surface area contributed by atoms with E-state index in [9.17, 15) is 4.79 Å². The van der Waals surface area contributed by atoms with Crippen LogP contribution in [-0.4, -0.2) is 29.6 Å². The van der Waals surface area contributed by atoms with Gasteiger partial charge in [0.05, 0.1) is 6.42 Å². The second-order valence-electron chi connectivity index (χ2n) is 5.18. The number of carbonyl (C=O) groups is 1. The Labute approximate surface area is 106 Å². The fourth-order valence-corrected chi connectivity index (χ4v) is 3.15. The lowest BCUT2D eigenvalue weighted by Crippen LogP contribution is -2.30. The molecule has 3 nitrogen and oxygen atoms in total. The van der Waals surface area contributed by atoms with Gasteiger partial charge in [0, 0.05) is 17.5 Å². The first-order chi connectivity index (χ1) is 8.02. The molecule has 0 bridgehead atoms. The van der Waals surface area contributed by atoms with E-state index in [0.717, 1.165) is 19.4 Å². The number of hydrogen-bond donors (Lipinski definition) is 1. The summed E-state index contributed by atoms with van der Waals surface area (Å²) in [6, 6.07) is 4.58. The first kappa shape index (κ1) is 12.6. The number of hydrogen-bond acceptors (Lipinski definition) is 3. The minimum Gasteiger partial charge on any atom is -0.481 e. The number of aliphatic carboxylic acids is 1. The Morgan fingerprint density at radius 3 is 2.82 bits per heavy atom. The summed E-state index contributed by atoms with van der Waals surface area (Å²) in [5.74, 6) is -0.667. The molecule has 0 aromatic carbocycles. The zero-order chi connectivity index (χ0) is 12.5. The molecule has 0 radical (unpaired) electrons. The van der Waals surface area contributed by atoms with Crippen LogP contribution < -0.4 is 0 Å². The lowest BCUT2D eigenvalue weighted by molar-refractivity contribution is -0.138. The maximum absolute atomic E-state index is 10.8. The summed E-state index contributed by atoms with van der Waals surface area (Å²) < 4.78 is 0. The number of carboxylic acid groups (broad SMARTS) is 1. The van der Waals surface area contributed by atoms with Crippen molar-refractivity contribution in [1.82, 2.24) is 4.90 Å².